The van der Waals surface area contributed by atoms with Crippen LogP contribution < -0.4 is 0 Å². The Morgan fingerprint density at radius 1 is 1.12 bits per heavy atom. The van der Waals surface area contributed by atoms with Crippen molar-refractivity contribution in [1.82, 2.24) is 15.1 Å². The third kappa shape index (κ3) is 4.58. The maximum absolute atomic E-state index is 14.0. The van der Waals surface area contributed by atoms with Crippen LogP contribution in [-0.2, 0) is 16.0 Å². The van der Waals surface area contributed by atoms with Gasteiger partial charge in [-0.1, -0.05) is 42.5 Å². The van der Waals surface area contributed by atoms with Crippen LogP contribution in [0, 0.1) is 11.2 Å². The van der Waals surface area contributed by atoms with Crippen molar-refractivity contribution in [3.05, 3.63) is 77.9 Å². The van der Waals surface area contributed by atoms with E-state index >= 15 is 0 Å². The van der Waals surface area contributed by atoms with E-state index in [0.29, 0.717) is 19.8 Å². The number of likely N-dealkylation sites (tertiary alicyclic amines) is 1. The molecule has 3 heterocycles. The van der Waals surface area contributed by atoms with Crippen molar-refractivity contribution in [3.8, 4) is 11.1 Å². The summed E-state index contributed by atoms with van der Waals surface area (Å²) in [5.74, 6) is 0.180. The Hall–Kier alpha value is -2.99. The van der Waals surface area contributed by atoms with E-state index in [9.17, 15) is 9.18 Å². The van der Waals surface area contributed by atoms with Gasteiger partial charge in [0.2, 0.25) is 5.91 Å². The number of benzene rings is 2. The van der Waals surface area contributed by atoms with Gasteiger partial charge in [0, 0.05) is 43.5 Å². The Bertz CT molecular complexity index is 1070. The Labute approximate surface area is 194 Å². The topological polar surface area (TPSA) is 58.2 Å². The van der Waals surface area contributed by atoms with Crippen LogP contribution in [0.15, 0.2) is 60.8 Å². The molecule has 0 saturated carbocycles. The number of carbonyl (C=O) groups is 1. The van der Waals surface area contributed by atoms with Gasteiger partial charge in [0.25, 0.3) is 0 Å². The van der Waals surface area contributed by atoms with Crippen molar-refractivity contribution in [2.24, 2.45) is 5.41 Å². The van der Waals surface area contributed by atoms with Gasteiger partial charge in [-0.3, -0.25) is 9.89 Å². The molecule has 2 aliphatic heterocycles. The highest BCUT2D eigenvalue weighted by Crippen LogP contribution is 2.39. The smallest absolute Gasteiger partial charge is 0.229 e. The Kier molecular flexibility index (Phi) is 6.27. The van der Waals surface area contributed by atoms with E-state index in [-0.39, 0.29) is 17.6 Å². The van der Waals surface area contributed by atoms with E-state index in [0.717, 1.165) is 55.5 Å². The molecule has 1 unspecified atom stereocenters. The van der Waals surface area contributed by atoms with Crippen LogP contribution in [0.2, 0.25) is 0 Å². The number of hydrogen-bond donors (Lipinski definition) is 1. The summed E-state index contributed by atoms with van der Waals surface area (Å²) >= 11 is 0. The molecule has 5 nitrogen and oxygen atoms in total. The summed E-state index contributed by atoms with van der Waals surface area (Å²) < 4.78 is 19.1. The van der Waals surface area contributed by atoms with Crippen molar-refractivity contribution in [2.75, 3.05) is 26.3 Å². The zero-order chi connectivity index (χ0) is 22.7. The Morgan fingerprint density at radius 3 is 2.64 bits per heavy atom. The third-order valence-electron chi connectivity index (χ3n) is 7.23. The quantitative estimate of drug-likeness (QED) is 0.601. The fourth-order valence-corrected chi connectivity index (χ4v) is 5.41. The lowest BCUT2D eigenvalue weighted by atomic mass is 9.73. The fourth-order valence-electron chi connectivity index (χ4n) is 5.41. The van der Waals surface area contributed by atoms with Gasteiger partial charge in [-0.2, -0.15) is 5.10 Å². The number of rotatable bonds is 5. The van der Waals surface area contributed by atoms with Crippen LogP contribution in [0.4, 0.5) is 4.39 Å². The van der Waals surface area contributed by atoms with Gasteiger partial charge in [0.05, 0.1) is 11.6 Å². The number of nitrogens with zero attached hydrogens (tertiary/aromatic N) is 2. The number of H-pyrrole nitrogens is 1. The number of aromatic nitrogens is 2. The molecule has 172 valence electrons. The number of amides is 1. The van der Waals surface area contributed by atoms with Gasteiger partial charge in [-0.25, -0.2) is 4.39 Å². The summed E-state index contributed by atoms with van der Waals surface area (Å²) in [6.45, 7) is 2.72. The maximum Gasteiger partial charge on any atom is 0.229 e. The highest BCUT2D eigenvalue weighted by molar-refractivity contribution is 5.83. The molecule has 1 aromatic heterocycles. The molecule has 0 aliphatic carbocycles. The minimum atomic E-state index is -0.407. The minimum absolute atomic E-state index is 0.180. The molecule has 0 radical (unpaired) electrons. The lowest BCUT2D eigenvalue weighted by molar-refractivity contribution is -0.149. The number of hydrogen-bond acceptors (Lipinski definition) is 3. The second-order valence-electron chi connectivity index (χ2n) is 9.35. The van der Waals surface area contributed by atoms with Gasteiger partial charge < -0.3 is 9.64 Å². The second-order valence-corrected chi connectivity index (χ2v) is 9.35. The highest BCUT2D eigenvalue weighted by Gasteiger charge is 2.43. The molecule has 1 atom stereocenters. The van der Waals surface area contributed by atoms with Crippen LogP contribution in [0.5, 0.6) is 0 Å². The summed E-state index contributed by atoms with van der Waals surface area (Å²) in [7, 11) is 0. The van der Waals surface area contributed by atoms with Gasteiger partial charge >= 0.3 is 0 Å². The van der Waals surface area contributed by atoms with Gasteiger partial charge in [-0.15, -0.1) is 0 Å². The largest absolute Gasteiger partial charge is 0.381 e. The third-order valence-corrected chi connectivity index (χ3v) is 7.23. The standard InChI is InChI=1S/C27H30FN3O2/c28-23-10-8-21(9-11-23)24-18-29-30-25(24)22-7-4-14-31(19-22)26(32)27(12-15-33-16-13-27)17-20-5-2-1-3-6-20/h1-3,5-6,8-11,18,22H,4,7,12-17,19H2,(H,29,30). The first-order valence-electron chi connectivity index (χ1n) is 11.8. The van der Waals surface area contributed by atoms with E-state index in [1.165, 1.54) is 17.7 Å². The monoisotopic (exact) mass is 447 g/mol. The number of ether oxygens (including phenoxy) is 1. The van der Waals surface area contributed by atoms with E-state index in [2.05, 4.69) is 27.2 Å². The molecular formula is C27H30FN3O2. The Morgan fingerprint density at radius 2 is 1.88 bits per heavy atom. The molecule has 1 N–H and O–H groups in total. The number of aromatic amines is 1. The first-order valence-corrected chi connectivity index (χ1v) is 11.8. The molecule has 2 aliphatic rings. The number of nitrogens with one attached hydrogen (secondary N) is 1. The molecule has 2 saturated heterocycles. The lowest BCUT2D eigenvalue weighted by Gasteiger charge is -2.42. The average Bonchev–Trinajstić information content (AvgIpc) is 3.35. The van der Waals surface area contributed by atoms with Crippen LogP contribution in [-0.4, -0.2) is 47.3 Å². The molecule has 0 spiro atoms. The minimum Gasteiger partial charge on any atom is -0.381 e. The fraction of sp³-hybridized carbons (Fsp3) is 0.407. The molecule has 2 fully saturated rings. The van der Waals surface area contributed by atoms with Crippen molar-refractivity contribution >= 4 is 5.91 Å². The van der Waals surface area contributed by atoms with Crippen molar-refractivity contribution < 1.29 is 13.9 Å². The van der Waals surface area contributed by atoms with E-state index in [4.69, 9.17) is 4.74 Å². The van der Waals surface area contributed by atoms with Crippen LogP contribution in [0.3, 0.4) is 0 Å². The molecule has 6 heteroatoms. The first-order chi connectivity index (χ1) is 16.1. The maximum atomic E-state index is 14.0. The molecule has 3 aromatic rings. The lowest BCUT2D eigenvalue weighted by Crippen LogP contribution is -2.51. The zero-order valence-corrected chi connectivity index (χ0v) is 18.8. The number of halogens is 1. The summed E-state index contributed by atoms with van der Waals surface area (Å²) in [6.07, 6.45) is 6.02. The Balaban J connectivity index is 1.37. The van der Waals surface area contributed by atoms with E-state index < -0.39 is 5.41 Å². The van der Waals surface area contributed by atoms with Crippen molar-refractivity contribution in [1.29, 1.82) is 0 Å². The van der Waals surface area contributed by atoms with Gasteiger partial charge in [0.15, 0.2) is 0 Å². The van der Waals surface area contributed by atoms with Crippen LogP contribution >= 0.6 is 0 Å². The van der Waals surface area contributed by atoms with Crippen molar-refractivity contribution in [3.63, 3.8) is 0 Å². The van der Waals surface area contributed by atoms with Gasteiger partial charge in [0.1, 0.15) is 5.82 Å². The number of carbonyl (C=O) groups excluding carboxylic acids is 1. The van der Waals surface area contributed by atoms with Crippen molar-refractivity contribution in [2.45, 2.75) is 38.0 Å². The summed E-state index contributed by atoms with van der Waals surface area (Å²) in [6, 6.07) is 16.8. The van der Waals surface area contributed by atoms with Crippen LogP contribution in [0.25, 0.3) is 11.1 Å². The first kappa shape index (κ1) is 21.8. The molecule has 0 bridgehead atoms. The molecule has 33 heavy (non-hydrogen) atoms. The molecule has 1 amide bonds. The second kappa shape index (κ2) is 9.48. The molecular weight excluding hydrogens is 417 g/mol. The SMILES string of the molecule is O=C(N1CCCC(c2[nH]ncc2-c2ccc(F)cc2)C1)C1(Cc2ccccc2)CCOCC1. The normalized spacial score (nSPS) is 20.5. The average molecular weight is 448 g/mol. The summed E-state index contributed by atoms with van der Waals surface area (Å²) in [5.41, 5.74) is 3.75. The van der Waals surface area contributed by atoms with E-state index in [1.807, 2.05) is 18.2 Å². The summed E-state index contributed by atoms with van der Waals surface area (Å²) in [4.78, 5) is 16.1. The summed E-state index contributed by atoms with van der Waals surface area (Å²) in [5, 5.41) is 7.46. The predicted octanol–water partition coefficient (Wildman–Crippen LogP) is 4.96. The molecule has 2 aromatic carbocycles. The van der Waals surface area contributed by atoms with Gasteiger partial charge in [-0.05, 0) is 55.4 Å². The van der Waals surface area contributed by atoms with E-state index in [1.54, 1.807) is 18.3 Å². The molecule has 5 rings (SSSR count). The highest BCUT2D eigenvalue weighted by atomic mass is 19.1. The number of piperidine rings is 1. The predicted molar refractivity (Wildman–Crippen MR) is 125 cm³/mol. The van der Waals surface area contributed by atoms with Crippen LogP contribution in [0.1, 0.15) is 42.9 Å². The zero-order valence-electron chi connectivity index (χ0n) is 18.8.